The number of carbonyl (C=O) groups excluding carboxylic acids is 1. The Morgan fingerprint density at radius 2 is 1.94 bits per heavy atom. The summed E-state index contributed by atoms with van der Waals surface area (Å²) in [6.45, 7) is 5.87. The summed E-state index contributed by atoms with van der Waals surface area (Å²) in [5.74, 6) is -0.154. The average molecular weight is 452 g/mol. The minimum absolute atomic E-state index is 0.320. The van der Waals surface area contributed by atoms with Gasteiger partial charge in [0.05, 0.1) is 24.0 Å². The number of halogens is 1. The molecule has 1 unspecified atom stereocenters. The SMILES string of the molecule is CCOc1ccccc1NC(=O)C(C)n1cnc2sc(C)c(-c3ccc(F)cc3)c2c1=O. The van der Waals surface area contributed by atoms with Crippen molar-refractivity contribution in [3.05, 3.63) is 75.9 Å². The van der Waals surface area contributed by atoms with Gasteiger partial charge in [0, 0.05) is 10.4 Å². The van der Waals surface area contributed by atoms with E-state index in [1.807, 2.05) is 19.9 Å². The zero-order valence-electron chi connectivity index (χ0n) is 17.9. The summed E-state index contributed by atoms with van der Waals surface area (Å²) < 4.78 is 20.3. The van der Waals surface area contributed by atoms with Gasteiger partial charge in [-0.05, 0) is 50.6 Å². The van der Waals surface area contributed by atoms with Gasteiger partial charge >= 0.3 is 0 Å². The maximum absolute atomic E-state index is 13.4. The number of aromatic nitrogens is 2. The number of nitrogens with one attached hydrogen (secondary N) is 1. The number of thiophene rings is 1. The first kappa shape index (κ1) is 21.7. The Labute approximate surface area is 188 Å². The van der Waals surface area contributed by atoms with Crippen LogP contribution >= 0.6 is 11.3 Å². The molecule has 1 amide bonds. The van der Waals surface area contributed by atoms with Gasteiger partial charge in [0.15, 0.2) is 0 Å². The lowest BCUT2D eigenvalue weighted by molar-refractivity contribution is -0.118. The van der Waals surface area contributed by atoms with Crippen LogP contribution in [-0.2, 0) is 4.79 Å². The fourth-order valence-corrected chi connectivity index (χ4v) is 4.57. The predicted octanol–water partition coefficient (Wildman–Crippen LogP) is 5.17. The van der Waals surface area contributed by atoms with Gasteiger partial charge < -0.3 is 10.1 Å². The van der Waals surface area contributed by atoms with Crippen molar-refractivity contribution in [3.63, 3.8) is 0 Å². The van der Waals surface area contributed by atoms with Gasteiger partial charge in [-0.25, -0.2) is 9.37 Å². The molecular formula is C24H22FN3O3S. The number of anilines is 1. The third-order valence-electron chi connectivity index (χ3n) is 5.19. The highest BCUT2D eigenvalue weighted by Gasteiger charge is 2.22. The van der Waals surface area contributed by atoms with E-state index in [2.05, 4.69) is 10.3 Å². The highest BCUT2D eigenvalue weighted by atomic mass is 32.1. The lowest BCUT2D eigenvalue weighted by atomic mass is 10.0. The second kappa shape index (κ2) is 8.92. The van der Waals surface area contributed by atoms with Gasteiger partial charge in [0.2, 0.25) is 5.91 Å². The second-order valence-electron chi connectivity index (χ2n) is 7.27. The minimum atomic E-state index is -0.810. The van der Waals surface area contributed by atoms with Crippen LogP contribution in [0.3, 0.4) is 0 Å². The summed E-state index contributed by atoms with van der Waals surface area (Å²) in [7, 11) is 0. The number of benzene rings is 2. The lowest BCUT2D eigenvalue weighted by Crippen LogP contribution is -2.31. The number of hydrogen-bond donors (Lipinski definition) is 1. The van der Waals surface area contributed by atoms with Crippen LogP contribution in [0.4, 0.5) is 10.1 Å². The molecule has 4 aromatic rings. The van der Waals surface area contributed by atoms with Gasteiger partial charge in [-0.2, -0.15) is 0 Å². The van der Waals surface area contributed by atoms with E-state index >= 15 is 0 Å². The van der Waals surface area contributed by atoms with E-state index in [9.17, 15) is 14.0 Å². The van der Waals surface area contributed by atoms with Crippen molar-refractivity contribution in [1.29, 1.82) is 0 Å². The van der Waals surface area contributed by atoms with Crippen LogP contribution in [0.15, 0.2) is 59.7 Å². The molecule has 164 valence electrons. The van der Waals surface area contributed by atoms with E-state index in [0.717, 1.165) is 10.4 Å². The standard InChI is InChI=1S/C24H22FN3O3S/c1-4-31-19-8-6-5-7-18(19)27-22(29)14(2)28-13-26-23-21(24(28)30)20(15(3)32-23)16-9-11-17(25)12-10-16/h5-14H,4H2,1-3H3,(H,27,29). The summed E-state index contributed by atoms with van der Waals surface area (Å²) in [5, 5.41) is 3.26. The Hall–Kier alpha value is -3.52. The molecule has 0 bridgehead atoms. The first-order valence-corrected chi connectivity index (χ1v) is 11.0. The third kappa shape index (κ3) is 4.01. The van der Waals surface area contributed by atoms with E-state index in [1.54, 1.807) is 37.3 Å². The number of para-hydroxylation sites is 2. The van der Waals surface area contributed by atoms with Crippen molar-refractivity contribution in [3.8, 4) is 16.9 Å². The highest BCUT2D eigenvalue weighted by molar-refractivity contribution is 7.19. The zero-order valence-corrected chi connectivity index (χ0v) is 18.7. The van der Waals surface area contributed by atoms with Gasteiger partial charge in [-0.15, -0.1) is 11.3 Å². The maximum atomic E-state index is 13.4. The molecule has 0 saturated carbocycles. The van der Waals surface area contributed by atoms with Gasteiger partial charge in [0.25, 0.3) is 5.56 Å². The Balaban J connectivity index is 1.73. The fourth-order valence-electron chi connectivity index (χ4n) is 3.57. The number of amides is 1. The van der Waals surface area contributed by atoms with E-state index < -0.39 is 6.04 Å². The van der Waals surface area contributed by atoms with Crippen LogP contribution in [-0.4, -0.2) is 22.1 Å². The maximum Gasteiger partial charge on any atom is 0.263 e. The number of carbonyl (C=O) groups is 1. The topological polar surface area (TPSA) is 73.2 Å². The quantitative estimate of drug-likeness (QED) is 0.439. The number of rotatable bonds is 6. The molecule has 0 fully saturated rings. The molecule has 2 aromatic carbocycles. The summed E-state index contributed by atoms with van der Waals surface area (Å²) >= 11 is 1.40. The minimum Gasteiger partial charge on any atom is -0.492 e. The number of hydrogen-bond acceptors (Lipinski definition) is 5. The lowest BCUT2D eigenvalue weighted by Gasteiger charge is -2.17. The Bertz CT molecular complexity index is 1350. The normalized spacial score (nSPS) is 12.0. The van der Waals surface area contributed by atoms with Crippen molar-refractivity contribution in [1.82, 2.24) is 9.55 Å². The molecule has 0 aliphatic carbocycles. The summed E-state index contributed by atoms with van der Waals surface area (Å²) in [6, 6.07) is 12.3. The monoisotopic (exact) mass is 451 g/mol. The molecule has 6 nitrogen and oxygen atoms in total. The number of ether oxygens (including phenoxy) is 1. The van der Waals surface area contributed by atoms with Crippen molar-refractivity contribution >= 4 is 33.1 Å². The number of fused-ring (bicyclic) bond motifs is 1. The number of aryl methyl sites for hydroxylation is 1. The van der Waals surface area contributed by atoms with Crippen LogP contribution in [0, 0.1) is 12.7 Å². The first-order valence-electron chi connectivity index (χ1n) is 10.2. The van der Waals surface area contributed by atoms with E-state index in [0.29, 0.717) is 33.8 Å². The smallest absolute Gasteiger partial charge is 0.263 e. The van der Waals surface area contributed by atoms with Crippen molar-refractivity contribution in [2.24, 2.45) is 0 Å². The molecule has 2 heterocycles. The molecule has 0 saturated heterocycles. The molecule has 8 heteroatoms. The summed E-state index contributed by atoms with van der Waals surface area (Å²) in [5.41, 5.74) is 1.66. The van der Waals surface area contributed by atoms with E-state index in [1.165, 1.54) is 34.4 Å². The molecule has 0 aliphatic heterocycles. The molecule has 0 spiro atoms. The van der Waals surface area contributed by atoms with Crippen molar-refractivity contribution in [2.45, 2.75) is 26.8 Å². The largest absolute Gasteiger partial charge is 0.492 e. The fraction of sp³-hybridized carbons (Fsp3) is 0.208. The van der Waals surface area contributed by atoms with Crippen LogP contribution in [0.2, 0.25) is 0 Å². The van der Waals surface area contributed by atoms with Crippen molar-refractivity contribution < 1.29 is 13.9 Å². The highest BCUT2D eigenvalue weighted by Crippen LogP contribution is 2.35. The first-order chi connectivity index (χ1) is 15.4. The molecule has 1 atom stereocenters. The van der Waals surface area contributed by atoms with Gasteiger partial charge in [-0.3, -0.25) is 14.2 Å². The third-order valence-corrected chi connectivity index (χ3v) is 6.20. The van der Waals surface area contributed by atoms with Crippen LogP contribution in [0.5, 0.6) is 5.75 Å². The zero-order chi connectivity index (χ0) is 22.8. The van der Waals surface area contributed by atoms with E-state index in [4.69, 9.17) is 4.74 Å². The van der Waals surface area contributed by atoms with Crippen molar-refractivity contribution in [2.75, 3.05) is 11.9 Å². The second-order valence-corrected chi connectivity index (χ2v) is 8.47. The van der Waals surface area contributed by atoms with Crippen LogP contribution in [0.1, 0.15) is 24.8 Å². The Kier molecular flexibility index (Phi) is 6.05. The molecular weight excluding hydrogens is 429 g/mol. The van der Waals surface area contributed by atoms with E-state index in [-0.39, 0.29) is 17.3 Å². The van der Waals surface area contributed by atoms with Gasteiger partial charge in [0.1, 0.15) is 22.4 Å². The average Bonchev–Trinajstić information content (AvgIpc) is 3.12. The number of nitrogens with zero attached hydrogens (tertiary/aromatic N) is 2. The van der Waals surface area contributed by atoms with Crippen LogP contribution < -0.4 is 15.6 Å². The van der Waals surface area contributed by atoms with Gasteiger partial charge in [-0.1, -0.05) is 24.3 Å². The predicted molar refractivity (Wildman–Crippen MR) is 125 cm³/mol. The molecule has 32 heavy (non-hydrogen) atoms. The molecule has 1 N–H and O–H groups in total. The molecule has 0 aliphatic rings. The molecule has 2 aromatic heterocycles. The summed E-state index contributed by atoms with van der Waals surface area (Å²) in [4.78, 5) is 32.3. The van der Waals surface area contributed by atoms with Crippen LogP contribution in [0.25, 0.3) is 21.3 Å². The molecule has 0 radical (unpaired) electrons. The molecule has 4 rings (SSSR count). The Morgan fingerprint density at radius 1 is 1.22 bits per heavy atom. The Morgan fingerprint density at radius 3 is 2.66 bits per heavy atom. The summed E-state index contributed by atoms with van der Waals surface area (Å²) in [6.07, 6.45) is 1.40.